The maximum atomic E-state index is 6.71. The second-order valence-electron chi connectivity index (χ2n) is 20.9. The molecule has 0 aliphatic rings. The topological polar surface area (TPSA) is 142 Å². The third-order valence-electron chi connectivity index (χ3n) is 15.5. The Morgan fingerprint density at radius 1 is 0.174 bits per heavy atom. The first-order valence-electron chi connectivity index (χ1n) is 28.3. The number of rotatable bonds is 11. The minimum atomic E-state index is 0.463. The van der Waals surface area contributed by atoms with Gasteiger partial charge in [-0.05, 0) is 41.5 Å². The molecule has 5 aromatic heterocycles. The summed E-state index contributed by atoms with van der Waals surface area (Å²) in [6.07, 6.45) is 0. The van der Waals surface area contributed by atoms with E-state index in [2.05, 4.69) is 66.7 Å². The Morgan fingerprint density at radius 2 is 0.407 bits per heavy atom. The highest BCUT2D eigenvalue weighted by Gasteiger charge is 2.22. The van der Waals surface area contributed by atoms with Crippen LogP contribution >= 0.6 is 0 Å². The summed E-state index contributed by atoms with van der Waals surface area (Å²) in [5, 5.41) is 4.14. The molecule has 0 saturated heterocycles. The van der Waals surface area contributed by atoms with E-state index in [1.807, 2.05) is 206 Å². The fourth-order valence-electron chi connectivity index (χ4n) is 11.2. The van der Waals surface area contributed by atoms with Crippen molar-refractivity contribution in [3.05, 3.63) is 273 Å². The van der Waals surface area contributed by atoms with Gasteiger partial charge in [-0.3, -0.25) is 0 Å². The molecule has 16 rings (SSSR count). The molecule has 5 heterocycles. The van der Waals surface area contributed by atoms with E-state index >= 15 is 0 Å². The Morgan fingerprint density at radius 3 is 0.709 bits per heavy atom. The number of benzene rings is 11. The van der Waals surface area contributed by atoms with Crippen molar-refractivity contribution in [1.29, 1.82) is 0 Å². The summed E-state index contributed by atoms with van der Waals surface area (Å²) >= 11 is 0. The molecule has 0 fully saturated rings. The van der Waals surface area contributed by atoms with Gasteiger partial charge in [0.05, 0.1) is 0 Å². The van der Waals surface area contributed by atoms with E-state index in [0.29, 0.717) is 52.4 Å². The molecule has 0 N–H and O–H groups in total. The second kappa shape index (κ2) is 21.1. The highest BCUT2D eigenvalue weighted by molar-refractivity contribution is 6.12. The molecule has 0 unspecified atom stereocenters. The van der Waals surface area contributed by atoms with E-state index in [-0.39, 0.29) is 0 Å². The van der Waals surface area contributed by atoms with Crippen LogP contribution in [0, 0.1) is 0 Å². The predicted molar refractivity (Wildman–Crippen MR) is 341 cm³/mol. The maximum Gasteiger partial charge on any atom is 0.164 e. The zero-order valence-corrected chi connectivity index (χ0v) is 45.8. The normalized spacial score (nSPS) is 11.5. The number of nitrogens with zero attached hydrogens (tertiary/aromatic N) is 9. The van der Waals surface area contributed by atoms with Crippen molar-refractivity contribution in [2.75, 3.05) is 0 Å². The first kappa shape index (κ1) is 49.8. The summed E-state index contributed by atoms with van der Waals surface area (Å²) in [5.41, 5.74) is 14.3. The van der Waals surface area contributed by atoms with E-state index in [1.165, 1.54) is 0 Å². The lowest BCUT2D eigenvalue weighted by atomic mass is 9.94. The summed E-state index contributed by atoms with van der Waals surface area (Å²) in [5.74, 6) is 4.78. The van der Waals surface area contributed by atoms with Crippen LogP contribution in [0.3, 0.4) is 0 Å². The van der Waals surface area contributed by atoms with E-state index in [4.69, 9.17) is 53.7 Å². The Balaban J connectivity index is 0.870. The molecule has 0 aliphatic carbocycles. The Bertz CT molecular complexity index is 4780. The van der Waals surface area contributed by atoms with Crippen molar-refractivity contribution in [3.63, 3.8) is 0 Å². The standard InChI is InChI=1S/C75H45N9O2/c1-5-19-46(20-6-1)67-76-68(47-21-7-2-8-22-47)79-71(78-67)50-35-39-52(40-36-50)73-82-74(53-41-37-51(38-42-53)72-80-69(48-23-9-3-10-24-48)77-70(81-72)49-25-11-4-12-26-49)84-75(83-73)56-44-54(57-29-17-31-61-59-27-13-15-33-63(59)85-65(57)61)43-55(45-56)58-30-18-32-62-60-28-14-16-34-64(60)86-66(58)62/h1-45H. The zero-order valence-electron chi connectivity index (χ0n) is 45.8. The Labute approximate surface area is 492 Å². The van der Waals surface area contributed by atoms with Crippen LogP contribution in [-0.2, 0) is 0 Å². The molecule has 0 aliphatic heterocycles. The molecule has 0 amide bonds. The molecule has 11 nitrogen and oxygen atoms in total. The molecule has 0 saturated carbocycles. The first-order valence-corrected chi connectivity index (χ1v) is 28.3. The summed E-state index contributed by atoms with van der Waals surface area (Å²) < 4.78 is 13.4. The molecular formula is C75H45N9O2. The van der Waals surface area contributed by atoms with Gasteiger partial charge in [-0.25, -0.2) is 44.9 Å². The van der Waals surface area contributed by atoms with Gasteiger partial charge in [-0.1, -0.05) is 243 Å². The van der Waals surface area contributed by atoms with Crippen molar-refractivity contribution in [2.45, 2.75) is 0 Å². The molecule has 0 spiro atoms. The minimum Gasteiger partial charge on any atom is -0.455 e. The van der Waals surface area contributed by atoms with Crippen molar-refractivity contribution < 1.29 is 8.83 Å². The van der Waals surface area contributed by atoms with Gasteiger partial charge >= 0.3 is 0 Å². The van der Waals surface area contributed by atoms with Crippen LogP contribution in [0.4, 0.5) is 0 Å². The summed E-state index contributed by atoms with van der Waals surface area (Å²) in [4.78, 5) is 46.0. The van der Waals surface area contributed by atoms with E-state index in [9.17, 15) is 0 Å². The second-order valence-corrected chi connectivity index (χ2v) is 20.9. The van der Waals surface area contributed by atoms with E-state index < -0.39 is 0 Å². The molecule has 86 heavy (non-hydrogen) atoms. The monoisotopic (exact) mass is 1100 g/mol. The molecular weight excluding hydrogens is 1060 g/mol. The molecule has 402 valence electrons. The highest BCUT2D eigenvalue weighted by atomic mass is 16.3. The quantitative estimate of drug-likeness (QED) is 0.122. The van der Waals surface area contributed by atoms with E-state index in [0.717, 1.165) is 116 Å². The van der Waals surface area contributed by atoms with Gasteiger partial charge in [0.15, 0.2) is 52.4 Å². The van der Waals surface area contributed by atoms with Crippen LogP contribution in [0.25, 0.3) is 169 Å². The van der Waals surface area contributed by atoms with Crippen molar-refractivity contribution >= 4 is 43.9 Å². The number of para-hydroxylation sites is 4. The molecule has 11 aromatic carbocycles. The lowest BCUT2D eigenvalue weighted by Crippen LogP contribution is -2.02. The van der Waals surface area contributed by atoms with Crippen molar-refractivity contribution in [2.24, 2.45) is 0 Å². The molecule has 16 aromatic rings. The first-order chi connectivity index (χ1) is 42.6. The number of aromatic nitrogens is 9. The summed E-state index contributed by atoms with van der Waals surface area (Å²) in [6.45, 7) is 0. The molecule has 0 radical (unpaired) electrons. The molecule has 11 heteroatoms. The third-order valence-corrected chi connectivity index (χ3v) is 15.5. The van der Waals surface area contributed by atoms with Gasteiger partial charge in [-0.2, -0.15) is 0 Å². The number of hydrogen-bond donors (Lipinski definition) is 0. The van der Waals surface area contributed by atoms with Crippen molar-refractivity contribution in [3.8, 4) is 125 Å². The Kier molecular flexibility index (Phi) is 12.2. The van der Waals surface area contributed by atoms with Gasteiger partial charge in [0, 0.05) is 82.7 Å². The Hall–Kier alpha value is -12.0. The van der Waals surface area contributed by atoms with Gasteiger partial charge in [0.1, 0.15) is 22.3 Å². The highest BCUT2D eigenvalue weighted by Crippen LogP contribution is 2.42. The largest absolute Gasteiger partial charge is 0.455 e. The van der Waals surface area contributed by atoms with Gasteiger partial charge < -0.3 is 8.83 Å². The SMILES string of the molecule is c1ccc(-c2nc(-c3ccccc3)nc(-c3ccc(-c4nc(-c5ccc(-c6nc(-c7ccccc7)nc(-c7ccccc7)n6)cc5)nc(-c5cc(-c6cccc7c6oc6ccccc67)cc(-c6cccc7c6oc6ccccc67)c5)n4)cc3)n2)cc1. The minimum absolute atomic E-state index is 0.463. The van der Waals surface area contributed by atoms with Crippen LogP contribution in [0.2, 0.25) is 0 Å². The zero-order chi connectivity index (χ0) is 56.9. The molecule has 0 bridgehead atoms. The molecule has 0 atom stereocenters. The average Bonchev–Trinajstić information content (AvgIpc) is 3.62. The lowest BCUT2D eigenvalue weighted by molar-refractivity contribution is 0.670. The van der Waals surface area contributed by atoms with Gasteiger partial charge in [0.2, 0.25) is 0 Å². The summed E-state index contributed by atoms with van der Waals surface area (Å²) in [6, 6.07) is 91.4. The predicted octanol–water partition coefficient (Wildman–Crippen LogP) is 18.4. The maximum absolute atomic E-state index is 6.71. The van der Waals surface area contributed by atoms with Crippen LogP contribution in [0.5, 0.6) is 0 Å². The van der Waals surface area contributed by atoms with Crippen molar-refractivity contribution in [1.82, 2.24) is 44.9 Å². The summed E-state index contributed by atoms with van der Waals surface area (Å²) in [7, 11) is 0. The van der Waals surface area contributed by atoms with Gasteiger partial charge in [0.25, 0.3) is 0 Å². The van der Waals surface area contributed by atoms with E-state index in [1.54, 1.807) is 0 Å². The van der Waals surface area contributed by atoms with Gasteiger partial charge in [-0.15, -0.1) is 0 Å². The van der Waals surface area contributed by atoms with Crippen LogP contribution < -0.4 is 0 Å². The van der Waals surface area contributed by atoms with Crippen LogP contribution in [0.15, 0.2) is 282 Å². The smallest absolute Gasteiger partial charge is 0.164 e. The fraction of sp³-hybridized carbons (Fsp3) is 0. The van der Waals surface area contributed by atoms with Crippen LogP contribution in [-0.4, -0.2) is 44.9 Å². The fourth-order valence-corrected chi connectivity index (χ4v) is 11.2. The average molecular weight is 1100 g/mol. The third kappa shape index (κ3) is 9.27. The van der Waals surface area contributed by atoms with Crippen LogP contribution in [0.1, 0.15) is 0 Å². The lowest BCUT2D eigenvalue weighted by Gasteiger charge is -2.13. The number of furan rings is 2. The number of hydrogen-bond acceptors (Lipinski definition) is 11. The number of fused-ring (bicyclic) bond motifs is 6.